The zero-order valence-electron chi connectivity index (χ0n) is 12.1. The third-order valence-corrected chi connectivity index (χ3v) is 3.20. The Hall–Kier alpha value is -1.75. The van der Waals surface area contributed by atoms with Crippen molar-refractivity contribution in [3.63, 3.8) is 0 Å². The van der Waals surface area contributed by atoms with Crippen LogP contribution in [0.5, 0.6) is 0 Å². The molecule has 2 rings (SSSR count). The van der Waals surface area contributed by atoms with Crippen molar-refractivity contribution in [2.75, 3.05) is 7.05 Å². The fourth-order valence-electron chi connectivity index (χ4n) is 2.26. The lowest BCUT2D eigenvalue weighted by atomic mass is 10.1. The molecule has 0 aliphatic carbocycles. The molecular weight excluding hydrogens is 238 g/mol. The lowest BCUT2D eigenvalue weighted by molar-refractivity contribution is 0.745. The van der Waals surface area contributed by atoms with Crippen LogP contribution in [0.1, 0.15) is 36.5 Å². The Morgan fingerprint density at radius 3 is 2.47 bits per heavy atom. The van der Waals surface area contributed by atoms with E-state index in [4.69, 9.17) is 5.10 Å². The smallest absolute Gasteiger partial charge is 0.175 e. The second kappa shape index (κ2) is 5.93. The molecule has 5 nitrogen and oxygen atoms in total. The first-order valence-electron chi connectivity index (χ1n) is 6.76. The van der Waals surface area contributed by atoms with Crippen LogP contribution in [0.15, 0.2) is 12.1 Å². The van der Waals surface area contributed by atoms with E-state index in [1.165, 1.54) is 11.3 Å². The molecule has 1 N–H and O–H groups in total. The largest absolute Gasteiger partial charge is 0.316 e. The number of hydrogen-bond donors (Lipinski definition) is 1. The van der Waals surface area contributed by atoms with Crippen molar-refractivity contribution in [2.24, 2.45) is 0 Å². The summed E-state index contributed by atoms with van der Waals surface area (Å²) in [7, 11) is 1.96. The summed E-state index contributed by atoms with van der Waals surface area (Å²) in [6.07, 6.45) is 1.86. The highest BCUT2D eigenvalue weighted by Gasteiger charge is 2.16. The van der Waals surface area contributed by atoms with Crippen LogP contribution in [0.2, 0.25) is 0 Å². The van der Waals surface area contributed by atoms with Crippen LogP contribution < -0.4 is 5.32 Å². The number of hydrogen-bond acceptors (Lipinski definition) is 4. The summed E-state index contributed by atoms with van der Waals surface area (Å²) in [5.41, 5.74) is 4.55. The first-order chi connectivity index (χ1) is 9.21. The van der Waals surface area contributed by atoms with Gasteiger partial charge in [0.05, 0.1) is 17.1 Å². The molecule has 0 radical (unpaired) electrons. The van der Waals surface area contributed by atoms with E-state index in [0.717, 1.165) is 36.6 Å². The highest BCUT2D eigenvalue weighted by atomic mass is 15.4. The lowest BCUT2D eigenvalue weighted by Crippen LogP contribution is -2.10. The summed E-state index contributed by atoms with van der Waals surface area (Å²) in [6.45, 7) is 7.05. The fourth-order valence-corrected chi connectivity index (χ4v) is 2.26. The van der Waals surface area contributed by atoms with Crippen molar-refractivity contribution in [3.05, 3.63) is 34.8 Å². The average molecular weight is 259 g/mol. The molecule has 0 saturated heterocycles. The van der Waals surface area contributed by atoms with Gasteiger partial charge in [-0.3, -0.25) is 0 Å². The Morgan fingerprint density at radius 1 is 1.16 bits per heavy atom. The maximum Gasteiger partial charge on any atom is 0.175 e. The Morgan fingerprint density at radius 2 is 1.95 bits per heavy atom. The molecule has 0 fully saturated rings. The summed E-state index contributed by atoms with van der Waals surface area (Å²) in [5, 5.41) is 16.3. The molecule has 0 atom stereocenters. The minimum Gasteiger partial charge on any atom is -0.316 e. The van der Waals surface area contributed by atoms with Gasteiger partial charge in [0.25, 0.3) is 0 Å². The first kappa shape index (κ1) is 13.7. The van der Waals surface area contributed by atoms with Gasteiger partial charge < -0.3 is 5.32 Å². The van der Waals surface area contributed by atoms with E-state index in [-0.39, 0.29) is 0 Å². The molecule has 0 unspecified atom stereocenters. The zero-order valence-corrected chi connectivity index (χ0v) is 12.1. The fraction of sp³-hybridized carbons (Fsp3) is 0.500. The molecule has 0 aliphatic heterocycles. The van der Waals surface area contributed by atoms with E-state index in [1.54, 1.807) is 0 Å². The number of nitrogens with zero attached hydrogens (tertiary/aromatic N) is 4. The number of aromatic nitrogens is 4. The Bertz CT molecular complexity index is 542. The normalized spacial score (nSPS) is 10.9. The van der Waals surface area contributed by atoms with Crippen molar-refractivity contribution in [1.82, 2.24) is 25.3 Å². The highest BCUT2D eigenvalue weighted by Crippen LogP contribution is 2.19. The van der Waals surface area contributed by atoms with E-state index in [2.05, 4.69) is 29.4 Å². The van der Waals surface area contributed by atoms with Crippen LogP contribution in [-0.4, -0.2) is 27.0 Å². The van der Waals surface area contributed by atoms with E-state index < -0.39 is 0 Å². The third-order valence-electron chi connectivity index (χ3n) is 3.20. The van der Waals surface area contributed by atoms with Crippen LogP contribution in [-0.2, 0) is 19.4 Å². The molecule has 0 aliphatic rings. The van der Waals surface area contributed by atoms with Gasteiger partial charge in [0.1, 0.15) is 0 Å². The maximum absolute atomic E-state index is 4.69. The quantitative estimate of drug-likeness (QED) is 0.890. The van der Waals surface area contributed by atoms with E-state index >= 15 is 0 Å². The third kappa shape index (κ3) is 2.66. The summed E-state index contributed by atoms with van der Waals surface area (Å²) < 4.78 is 1.93. The molecule has 19 heavy (non-hydrogen) atoms. The average Bonchev–Trinajstić information content (AvgIpc) is 2.78. The number of rotatable bonds is 5. The van der Waals surface area contributed by atoms with Gasteiger partial charge in [-0.25, -0.2) is 4.68 Å². The molecule has 0 bridgehead atoms. The molecule has 2 heterocycles. The summed E-state index contributed by atoms with van der Waals surface area (Å²) in [4.78, 5) is 0. The standard InChI is InChI=1S/C14H21N5/c1-5-12-11(9-15-4)13(6-2)19(18-12)14-8-7-10(3)16-17-14/h7-8,15H,5-6,9H2,1-4H3. The second-order valence-corrected chi connectivity index (χ2v) is 4.55. The molecule has 5 heteroatoms. The lowest BCUT2D eigenvalue weighted by Gasteiger charge is -2.06. The van der Waals surface area contributed by atoms with Crippen LogP contribution in [0.25, 0.3) is 5.82 Å². The second-order valence-electron chi connectivity index (χ2n) is 4.55. The molecular formula is C14H21N5. The zero-order chi connectivity index (χ0) is 13.8. The topological polar surface area (TPSA) is 55.6 Å². The SMILES string of the molecule is CCc1nn(-c2ccc(C)nn2)c(CC)c1CNC. The van der Waals surface area contributed by atoms with Gasteiger partial charge in [-0.1, -0.05) is 13.8 Å². The van der Waals surface area contributed by atoms with E-state index in [9.17, 15) is 0 Å². The molecule has 0 spiro atoms. The summed E-state index contributed by atoms with van der Waals surface area (Å²) >= 11 is 0. The molecule has 0 amide bonds. The summed E-state index contributed by atoms with van der Waals surface area (Å²) in [5.74, 6) is 0.791. The molecule has 2 aromatic rings. The molecule has 102 valence electrons. The Labute approximate surface area is 114 Å². The van der Waals surface area contributed by atoms with Crippen molar-refractivity contribution < 1.29 is 0 Å². The van der Waals surface area contributed by atoms with Gasteiger partial charge in [0.2, 0.25) is 0 Å². The van der Waals surface area contributed by atoms with Gasteiger partial charge in [0.15, 0.2) is 5.82 Å². The van der Waals surface area contributed by atoms with E-state index in [0.29, 0.717) is 0 Å². The minimum atomic E-state index is 0.791. The van der Waals surface area contributed by atoms with Crippen LogP contribution in [0.3, 0.4) is 0 Å². The monoisotopic (exact) mass is 259 g/mol. The maximum atomic E-state index is 4.69. The molecule has 2 aromatic heterocycles. The van der Waals surface area contributed by atoms with Crippen molar-refractivity contribution in [1.29, 1.82) is 0 Å². The predicted octanol–water partition coefficient (Wildman–Crippen LogP) is 1.81. The van der Waals surface area contributed by atoms with Gasteiger partial charge in [-0.15, -0.1) is 5.10 Å². The summed E-state index contributed by atoms with van der Waals surface area (Å²) in [6, 6.07) is 3.93. The van der Waals surface area contributed by atoms with Crippen molar-refractivity contribution >= 4 is 0 Å². The molecule has 0 saturated carbocycles. The van der Waals surface area contributed by atoms with Crippen molar-refractivity contribution in [2.45, 2.75) is 40.2 Å². The molecule has 0 aromatic carbocycles. The highest BCUT2D eigenvalue weighted by molar-refractivity contribution is 5.33. The Kier molecular flexibility index (Phi) is 4.27. The minimum absolute atomic E-state index is 0.791. The number of aryl methyl sites for hydroxylation is 2. The van der Waals surface area contributed by atoms with Crippen LogP contribution in [0.4, 0.5) is 0 Å². The van der Waals surface area contributed by atoms with Gasteiger partial charge in [-0.2, -0.15) is 10.2 Å². The van der Waals surface area contributed by atoms with Crippen LogP contribution in [0, 0.1) is 6.92 Å². The van der Waals surface area contributed by atoms with Crippen molar-refractivity contribution in [3.8, 4) is 5.82 Å². The van der Waals surface area contributed by atoms with Crippen LogP contribution >= 0.6 is 0 Å². The van der Waals surface area contributed by atoms with Gasteiger partial charge >= 0.3 is 0 Å². The Balaban J connectivity index is 2.53. The predicted molar refractivity (Wildman–Crippen MR) is 75.4 cm³/mol. The first-order valence-corrected chi connectivity index (χ1v) is 6.76. The van der Waals surface area contributed by atoms with Gasteiger partial charge in [0, 0.05) is 12.1 Å². The van der Waals surface area contributed by atoms with Gasteiger partial charge in [-0.05, 0) is 38.9 Å². The number of nitrogens with one attached hydrogen (secondary N) is 1. The van der Waals surface area contributed by atoms with E-state index in [1.807, 2.05) is 30.8 Å².